The van der Waals surface area contributed by atoms with Crippen molar-refractivity contribution in [2.75, 3.05) is 0 Å². The van der Waals surface area contributed by atoms with Crippen molar-refractivity contribution in [2.45, 2.75) is 55.4 Å². The fourth-order valence-electron chi connectivity index (χ4n) is 3.99. The first kappa shape index (κ1) is 24.9. The van der Waals surface area contributed by atoms with E-state index in [1.165, 1.54) is 33.4 Å². The first-order valence-electron chi connectivity index (χ1n) is 10.4. The van der Waals surface area contributed by atoms with E-state index in [1.807, 2.05) is 32.0 Å². The molecule has 0 bridgehead atoms. The molecule has 3 aromatic rings. The van der Waals surface area contributed by atoms with Gasteiger partial charge in [0.2, 0.25) is 0 Å². The second kappa shape index (κ2) is 10.3. The van der Waals surface area contributed by atoms with E-state index in [1.54, 1.807) is 0 Å². The Morgan fingerprint density at radius 2 is 0.935 bits per heavy atom. The van der Waals surface area contributed by atoms with Crippen LogP contribution in [0.25, 0.3) is 0 Å². The minimum absolute atomic E-state index is 0. The first-order chi connectivity index (χ1) is 14.2. The molecule has 0 fully saturated rings. The second-order valence-corrected chi connectivity index (χ2v) is 8.30. The van der Waals surface area contributed by atoms with Crippen LogP contribution >= 0.6 is 0 Å². The number of aryl methyl sites for hydroxylation is 6. The standard InChI is InChI=1S/C27H31N3.Pt/c1-16-12-18(3)26(19(4)13-16)28-22(7)24-10-9-11-25(30-24)23(8)29-27-20(5)14-17(2)15-21(27)6;/h9-15H,1-8H3;. The van der Waals surface area contributed by atoms with Crippen molar-refractivity contribution in [1.29, 1.82) is 0 Å². The van der Waals surface area contributed by atoms with Crippen LogP contribution in [0.1, 0.15) is 58.6 Å². The summed E-state index contributed by atoms with van der Waals surface area (Å²) in [5.41, 5.74) is 12.9. The monoisotopic (exact) mass is 592 g/mol. The molecular formula is C27H31N3Pt. The molecule has 0 unspecified atom stereocenters. The number of rotatable bonds is 4. The first-order valence-corrected chi connectivity index (χ1v) is 10.4. The van der Waals surface area contributed by atoms with Crippen molar-refractivity contribution in [1.82, 2.24) is 4.98 Å². The summed E-state index contributed by atoms with van der Waals surface area (Å²) in [4.78, 5) is 14.7. The third-order valence-electron chi connectivity index (χ3n) is 5.32. The Kier molecular flexibility index (Phi) is 8.26. The van der Waals surface area contributed by atoms with Crippen molar-refractivity contribution in [3.63, 3.8) is 0 Å². The topological polar surface area (TPSA) is 37.6 Å². The molecule has 0 spiro atoms. The van der Waals surface area contributed by atoms with Crippen LogP contribution in [0, 0.1) is 41.5 Å². The van der Waals surface area contributed by atoms with Crippen molar-refractivity contribution in [2.24, 2.45) is 9.98 Å². The Balaban J connectivity index is 0.00000341. The SMILES string of the molecule is CC(=Nc1c(C)cc(C)cc1C)c1cccc(C(C)=Nc2c(C)cc(C)cc2C)n1.[Pt]. The van der Waals surface area contributed by atoms with Crippen LogP contribution < -0.4 is 0 Å². The normalized spacial score (nSPS) is 12.0. The molecule has 0 atom stereocenters. The molecule has 0 saturated carbocycles. The van der Waals surface area contributed by atoms with E-state index in [2.05, 4.69) is 65.8 Å². The maximum absolute atomic E-state index is 4.91. The van der Waals surface area contributed by atoms with Crippen LogP contribution in [0.5, 0.6) is 0 Å². The predicted molar refractivity (Wildman–Crippen MR) is 129 cm³/mol. The minimum atomic E-state index is 0. The zero-order chi connectivity index (χ0) is 22.0. The van der Waals surface area contributed by atoms with Gasteiger partial charge in [0.15, 0.2) is 0 Å². The molecule has 0 radical (unpaired) electrons. The maximum atomic E-state index is 4.91. The van der Waals surface area contributed by atoms with Gasteiger partial charge in [0, 0.05) is 21.1 Å². The molecule has 3 rings (SSSR count). The number of aliphatic imine (C=N–C) groups is 2. The van der Waals surface area contributed by atoms with E-state index in [9.17, 15) is 0 Å². The van der Waals surface area contributed by atoms with Gasteiger partial charge in [0.25, 0.3) is 0 Å². The Morgan fingerprint density at radius 1 is 0.613 bits per heavy atom. The summed E-state index contributed by atoms with van der Waals surface area (Å²) in [6.07, 6.45) is 0. The van der Waals surface area contributed by atoms with Gasteiger partial charge in [0.1, 0.15) is 0 Å². The summed E-state index contributed by atoms with van der Waals surface area (Å²) in [6, 6.07) is 14.7. The maximum Gasteiger partial charge on any atom is 0.0849 e. The van der Waals surface area contributed by atoms with Crippen LogP contribution in [0.2, 0.25) is 0 Å². The molecule has 0 amide bonds. The van der Waals surface area contributed by atoms with Crippen molar-refractivity contribution in [3.8, 4) is 0 Å². The number of aromatic nitrogens is 1. The molecular weight excluding hydrogens is 561 g/mol. The average Bonchev–Trinajstić information content (AvgIpc) is 2.67. The van der Waals surface area contributed by atoms with E-state index in [0.29, 0.717) is 0 Å². The van der Waals surface area contributed by atoms with Crippen molar-refractivity contribution < 1.29 is 21.1 Å². The Morgan fingerprint density at radius 3 is 1.26 bits per heavy atom. The molecule has 0 aliphatic carbocycles. The average molecular weight is 593 g/mol. The number of benzene rings is 2. The fraction of sp³-hybridized carbons (Fsp3) is 0.296. The number of hydrogen-bond donors (Lipinski definition) is 0. The van der Waals surface area contributed by atoms with Gasteiger partial charge in [-0.15, -0.1) is 0 Å². The molecule has 0 aliphatic heterocycles. The van der Waals surface area contributed by atoms with E-state index in [-0.39, 0.29) is 21.1 Å². The molecule has 0 saturated heterocycles. The quantitative estimate of drug-likeness (QED) is 0.295. The molecule has 1 heterocycles. The van der Waals surface area contributed by atoms with Gasteiger partial charge in [-0.2, -0.15) is 0 Å². The molecule has 4 heteroatoms. The molecule has 3 nitrogen and oxygen atoms in total. The number of pyridine rings is 1. The van der Waals surface area contributed by atoms with Gasteiger partial charge >= 0.3 is 0 Å². The van der Waals surface area contributed by atoms with Crippen molar-refractivity contribution >= 4 is 22.8 Å². The molecule has 1 aromatic heterocycles. The van der Waals surface area contributed by atoms with Gasteiger partial charge in [-0.1, -0.05) is 41.5 Å². The largest absolute Gasteiger partial charge is 0.251 e. The van der Waals surface area contributed by atoms with E-state index in [0.717, 1.165) is 34.2 Å². The zero-order valence-electron chi connectivity index (χ0n) is 19.7. The van der Waals surface area contributed by atoms with Gasteiger partial charge in [-0.05, 0) is 89.8 Å². The molecule has 31 heavy (non-hydrogen) atoms. The summed E-state index contributed by atoms with van der Waals surface area (Å²) < 4.78 is 0. The smallest absolute Gasteiger partial charge is 0.0849 e. The zero-order valence-corrected chi connectivity index (χ0v) is 22.0. The molecule has 164 valence electrons. The third kappa shape index (κ3) is 5.86. The van der Waals surface area contributed by atoms with Gasteiger partial charge in [0.05, 0.1) is 34.2 Å². The van der Waals surface area contributed by atoms with Crippen LogP contribution in [0.3, 0.4) is 0 Å². The van der Waals surface area contributed by atoms with Gasteiger partial charge < -0.3 is 0 Å². The van der Waals surface area contributed by atoms with Gasteiger partial charge in [-0.3, -0.25) is 9.98 Å². The predicted octanol–water partition coefficient (Wildman–Crippen LogP) is 7.21. The number of nitrogens with zero attached hydrogens (tertiary/aromatic N) is 3. The Bertz CT molecular complexity index is 1040. The Hall–Kier alpha value is -2.38. The summed E-state index contributed by atoms with van der Waals surface area (Å²) in [7, 11) is 0. The molecule has 0 aliphatic rings. The van der Waals surface area contributed by atoms with Crippen LogP contribution in [0.15, 0.2) is 52.4 Å². The second-order valence-electron chi connectivity index (χ2n) is 8.30. The van der Waals surface area contributed by atoms with Crippen LogP contribution in [0.4, 0.5) is 11.4 Å². The van der Waals surface area contributed by atoms with Crippen LogP contribution in [-0.4, -0.2) is 16.4 Å². The Labute approximate surface area is 201 Å². The summed E-state index contributed by atoms with van der Waals surface area (Å²) >= 11 is 0. The molecule has 0 N–H and O–H groups in total. The summed E-state index contributed by atoms with van der Waals surface area (Å²) in [6.45, 7) is 16.7. The van der Waals surface area contributed by atoms with E-state index < -0.39 is 0 Å². The number of hydrogen-bond acceptors (Lipinski definition) is 3. The third-order valence-corrected chi connectivity index (χ3v) is 5.32. The summed E-state index contributed by atoms with van der Waals surface area (Å²) in [5, 5.41) is 0. The fourth-order valence-corrected chi connectivity index (χ4v) is 3.99. The van der Waals surface area contributed by atoms with Crippen molar-refractivity contribution in [3.05, 3.63) is 87.2 Å². The van der Waals surface area contributed by atoms with Gasteiger partial charge in [-0.25, -0.2) is 4.98 Å². The van der Waals surface area contributed by atoms with Crippen LogP contribution in [-0.2, 0) is 21.1 Å². The minimum Gasteiger partial charge on any atom is -0.251 e. The van der Waals surface area contributed by atoms with E-state index >= 15 is 0 Å². The van der Waals surface area contributed by atoms with E-state index in [4.69, 9.17) is 15.0 Å². The summed E-state index contributed by atoms with van der Waals surface area (Å²) in [5.74, 6) is 0. The molecule has 2 aromatic carbocycles.